The maximum absolute atomic E-state index is 11.9. The van der Waals surface area contributed by atoms with Crippen LogP contribution in [0.5, 0.6) is 0 Å². The first-order chi connectivity index (χ1) is 8.34. The number of fused-ring (bicyclic) bond motifs is 1. The average Bonchev–Trinajstić information content (AvgIpc) is 2.69. The van der Waals surface area contributed by atoms with Crippen LogP contribution in [0.15, 0.2) is 24.3 Å². The molecule has 0 radical (unpaired) electrons. The lowest BCUT2D eigenvalue weighted by Gasteiger charge is -2.26. The molecule has 2 aliphatic rings. The standard InChI is InChI=1S/C15H19NO/c17-15-10-14(12-8-4-5-9-13(12)15)16-11-6-2-1-3-7-11/h4-5,8-9,11,14,16H,1-3,6-7,10H2. The van der Waals surface area contributed by atoms with Gasteiger partial charge >= 0.3 is 0 Å². The van der Waals surface area contributed by atoms with E-state index in [2.05, 4.69) is 11.4 Å². The van der Waals surface area contributed by atoms with Gasteiger partial charge in [0.1, 0.15) is 0 Å². The van der Waals surface area contributed by atoms with Crippen molar-refractivity contribution in [2.24, 2.45) is 0 Å². The minimum atomic E-state index is 0.266. The van der Waals surface area contributed by atoms with Crippen LogP contribution in [-0.2, 0) is 0 Å². The van der Waals surface area contributed by atoms with E-state index in [1.54, 1.807) is 0 Å². The number of carbonyl (C=O) groups is 1. The molecule has 3 rings (SSSR count). The summed E-state index contributed by atoms with van der Waals surface area (Å²) in [5.41, 5.74) is 2.14. The van der Waals surface area contributed by atoms with Gasteiger partial charge < -0.3 is 5.32 Å². The molecule has 90 valence electrons. The van der Waals surface area contributed by atoms with Gasteiger partial charge in [-0.3, -0.25) is 4.79 Å². The monoisotopic (exact) mass is 229 g/mol. The van der Waals surface area contributed by atoms with Crippen molar-refractivity contribution < 1.29 is 4.79 Å². The van der Waals surface area contributed by atoms with E-state index in [-0.39, 0.29) is 6.04 Å². The number of hydrogen-bond donors (Lipinski definition) is 1. The second kappa shape index (κ2) is 4.61. The molecule has 2 nitrogen and oxygen atoms in total. The summed E-state index contributed by atoms with van der Waals surface area (Å²) in [7, 11) is 0. The molecule has 1 atom stereocenters. The third-order valence-corrected chi connectivity index (χ3v) is 4.07. The zero-order valence-electron chi connectivity index (χ0n) is 10.1. The van der Waals surface area contributed by atoms with E-state index in [9.17, 15) is 4.79 Å². The fraction of sp³-hybridized carbons (Fsp3) is 0.533. The van der Waals surface area contributed by atoms with Crippen molar-refractivity contribution in [1.82, 2.24) is 5.32 Å². The maximum atomic E-state index is 11.9. The zero-order chi connectivity index (χ0) is 11.7. The number of benzene rings is 1. The summed E-state index contributed by atoms with van der Waals surface area (Å²) in [6.45, 7) is 0. The number of rotatable bonds is 2. The molecule has 0 bridgehead atoms. The molecule has 0 saturated heterocycles. The van der Waals surface area contributed by atoms with Crippen molar-refractivity contribution >= 4 is 5.78 Å². The molecule has 0 aliphatic heterocycles. The van der Waals surface area contributed by atoms with Gasteiger partial charge in [0.05, 0.1) is 0 Å². The Morgan fingerprint density at radius 3 is 2.65 bits per heavy atom. The quantitative estimate of drug-likeness (QED) is 0.843. The Balaban J connectivity index is 1.75. The molecule has 1 unspecified atom stereocenters. The van der Waals surface area contributed by atoms with Gasteiger partial charge in [0.2, 0.25) is 0 Å². The number of hydrogen-bond acceptors (Lipinski definition) is 2. The highest BCUT2D eigenvalue weighted by atomic mass is 16.1. The molecule has 0 heterocycles. The molecule has 17 heavy (non-hydrogen) atoms. The first kappa shape index (κ1) is 11.0. The lowest BCUT2D eigenvalue weighted by Crippen LogP contribution is -2.33. The number of nitrogens with one attached hydrogen (secondary N) is 1. The lowest BCUT2D eigenvalue weighted by atomic mass is 9.94. The summed E-state index contributed by atoms with van der Waals surface area (Å²) in [4.78, 5) is 11.9. The minimum absolute atomic E-state index is 0.266. The van der Waals surface area contributed by atoms with Crippen LogP contribution in [0, 0.1) is 0 Å². The van der Waals surface area contributed by atoms with Crippen LogP contribution in [-0.4, -0.2) is 11.8 Å². The van der Waals surface area contributed by atoms with Crippen molar-refractivity contribution in [2.45, 2.75) is 50.6 Å². The van der Waals surface area contributed by atoms with Gasteiger partial charge in [-0.1, -0.05) is 43.5 Å². The third-order valence-electron chi connectivity index (χ3n) is 4.07. The predicted octanol–water partition coefficient (Wildman–Crippen LogP) is 3.24. The molecule has 1 aromatic rings. The van der Waals surface area contributed by atoms with Crippen LogP contribution in [0.25, 0.3) is 0 Å². The average molecular weight is 229 g/mol. The highest BCUT2D eigenvalue weighted by Gasteiger charge is 2.30. The Labute approximate surface area is 102 Å². The molecule has 2 aliphatic carbocycles. The van der Waals surface area contributed by atoms with Gasteiger partial charge in [-0.15, -0.1) is 0 Å². The van der Waals surface area contributed by atoms with Gasteiger partial charge in [0.15, 0.2) is 5.78 Å². The highest BCUT2D eigenvalue weighted by Crippen LogP contribution is 2.32. The Kier molecular flexibility index (Phi) is 2.98. The third kappa shape index (κ3) is 2.14. The SMILES string of the molecule is O=C1CC(NC2CCCCC2)c2ccccc21. The van der Waals surface area contributed by atoms with Gasteiger partial charge in [0, 0.05) is 24.1 Å². The van der Waals surface area contributed by atoms with Crippen LogP contribution in [0.2, 0.25) is 0 Å². The summed E-state index contributed by atoms with van der Waals surface area (Å²) in [6.07, 6.45) is 7.23. The molecule has 0 amide bonds. The Hall–Kier alpha value is -1.15. The number of carbonyl (C=O) groups excluding carboxylic acids is 1. The molecular weight excluding hydrogens is 210 g/mol. The Bertz CT molecular complexity index is 421. The van der Waals surface area contributed by atoms with Crippen molar-refractivity contribution in [1.29, 1.82) is 0 Å². The molecule has 0 spiro atoms. The normalized spacial score (nSPS) is 24.9. The van der Waals surface area contributed by atoms with Crippen molar-refractivity contribution in [3.8, 4) is 0 Å². The van der Waals surface area contributed by atoms with Gasteiger partial charge in [-0.05, 0) is 18.4 Å². The van der Waals surface area contributed by atoms with E-state index < -0.39 is 0 Å². The summed E-state index contributed by atoms with van der Waals surface area (Å²) >= 11 is 0. The van der Waals surface area contributed by atoms with Crippen LogP contribution < -0.4 is 5.32 Å². The number of ketones is 1. The molecule has 0 aromatic heterocycles. The number of Topliss-reactive ketones (excluding diaryl/α,β-unsaturated/α-hetero) is 1. The summed E-state index contributed by atoms with van der Waals surface area (Å²) in [5, 5.41) is 3.68. The highest BCUT2D eigenvalue weighted by molar-refractivity contribution is 6.01. The van der Waals surface area contributed by atoms with Crippen LogP contribution in [0.3, 0.4) is 0 Å². The van der Waals surface area contributed by atoms with E-state index in [0.717, 1.165) is 5.56 Å². The summed E-state index contributed by atoms with van der Waals surface area (Å²) in [6, 6.07) is 8.93. The minimum Gasteiger partial charge on any atom is -0.307 e. The lowest BCUT2D eigenvalue weighted by molar-refractivity contribution is 0.0983. The van der Waals surface area contributed by atoms with Crippen molar-refractivity contribution in [3.05, 3.63) is 35.4 Å². The smallest absolute Gasteiger partial charge is 0.165 e. The second-order valence-electron chi connectivity index (χ2n) is 5.27. The van der Waals surface area contributed by atoms with E-state index in [4.69, 9.17) is 0 Å². The van der Waals surface area contributed by atoms with E-state index in [0.29, 0.717) is 18.2 Å². The van der Waals surface area contributed by atoms with Gasteiger partial charge in [-0.25, -0.2) is 0 Å². The molecule has 1 aromatic carbocycles. The fourth-order valence-corrected chi connectivity index (χ4v) is 3.16. The molecule has 2 heteroatoms. The summed E-state index contributed by atoms with van der Waals surface area (Å²) < 4.78 is 0. The van der Waals surface area contributed by atoms with E-state index >= 15 is 0 Å². The second-order valence-corrected chi connectivity index (χ2v) is 5.27. The molecular formula is C15H19NO. The largest absolute Gasteiger partial charge is 0.307 e. The topological polar surface area (TPSA) is 29.1 Å². The maximum Gasteiger partial charge on any atom is 0.165 e. The van der Waals surface area contributed by atoms with Crippen LogP contribution in [0.1, 0.15) is 60.5 Å². The fourth-order valence-electron chi connectivity index (χ4n) is 3.16. The molecule has 1 fully saturated rings. The van der Waals surface area contributed by atoms with Crippen molar-refractivity contribution in [3.63, 3.8) is 0 Å². The Morgan fingerprint density at radius 2 is 1.82 bits per heavy atom. The van der Waals surface area contributed by atoms with E-state index in [1.165, 1.54) is 37.7 Å². The zero-order valence-corrected chi connectivity index (χ0v) is 10.1. The molecule has 1 N–H and O–H groups in total. The van der Waals surface area contributed by atoms with Crippen LogP contribution in [0.4, 0.5) is 0 Å². The van der Waals surface area contributed by atoms with Gasteiger partial charge in [-0.2, -0.15) is 0 Å². The predicted molar refractivity (Wildman–Crippen MR) is 68.1 cm³/mol. The first-order valence-electron chi connectivity index (χ1n) is 6.73. The first-order valence-corrected chi connectivity index (χ1v) is 6.73. The summed E-state index contributed by atoms with van der Waals surface area (Å²) in [5.74, 6) is 0.300. The van der Waals surface area contributed by atoms with Crippen molar-refractivity contribution in [2.75, 3.05) is 0 Å². The Morgan fingerprint density at radius 1 is 1.06 bits per heavy atom. The molecule has 1 saturated carbocycles. The van der Waals surface area contributed by atoms with Crippen LogP contribution >= 0.6 is 0 Å². The van der Waals surface area contributed by atoms with E-state index in [1.807, 2.05) is 18.2 Å². The van der Waals surface area contributed by atoms with Gasteiger partial charge in [0.25, 0.3) is 0 Å².